The van der Waals surface area contributed by atoms with E-state index >= 15 is 0 Å². The second kappa shape index (κ2) is 11.3. The largest absolute Gasteiger partial charge is 0.364 e. The van der Waals surface area contributed by atoms with Crippen molar-refractivity contribution in [2.75, 3.05) is 6.54 Å². The number of primary amides is 1. The molecule has 0 spiro atoms. The summed E-state index contributed by atoms with van der Waals surface area (Å²) in [4.78, 5) is 39.8. The van der Waals surface area contributed by atoms with E-state index in [2.05, 4.69) is 20.6 Å². The van der Waals surface area contributed by atoms with Crippen LogP contribution in [-0.2, 0) is 26.0 Å². The molecule has 3 N–H and O–H groups in total. The number of rotatable bonds is 6. The molecule has 4 heterocycles. The molecule has 4 atom stereocenters. The molecular weight excluding hydrogens is 615 g/mol. The lowest BCUT2D eigenvalue weighted by atomic mass is 10.00. The number of carbonyl (C=O) groups is 3. The summed E-state index contributed by atoms with van der Waals surface area (Å²) < 4.78 is 69.6. The fraction of sp³-hybridized carbons (Fsp3) is 0.310. The van der Waals surface area contributed by atoms with Gasteiger partial charge in [-0.3, -0.25) is 19.1 Å². The second-order valence-electron chi connectivity index (χ2n) is 11.1. The minimum absolute atomic E-state index is 0.0931. The number of nitrogens with one attached hydrogen (secondary N) is 1. The number of likely N-dealkylation sites (tertiary alicyclic amines) is 1. The van der Waals surface area contributed by atoms with E-state index < -0.39 is 80.7 Å². The van der Waals surface area contributed by atoms with Gasteiger partial charge in [-0.15, -0.1) is 0 Å². The van der Waals surface area contributed by atoms with Crippen molar-refractivity contribution in [2.24, 2.45) is 5.73 Å². The van der Waals surface area contributed by atoms with Crippen molar-refractivity contribution >= 4 is 38.5 Å². The zero-order chi connectivity index (χ0) is 32.2. The minimum atomic E-state index is -3.99. The van der Waals surface area contributed by atoms with E-state index in [9.17, 15) is 36.0 Å². The van der Waals surface area contributed by atoms with Crippen LogP contribution < -0.4 is 11.1 Å². The Balaban J connectivity index is 1.26. The summed E-state index contributed by atoms with van der Waals surface area (Å²) in [6.07, 6.45) is 1.02. The average molecular weight is 642 g/mol. The number of hydrogen-bond donors (Lipinski definition) is 2. The Labute approximate surface area is 254 Å². The first kappa shape index (κ1) is 30.2. The van der Waals surface area contributed by atoms with Gasteiger partial charge in [0, 0.05) is 17.4 Å². The molecule has 1 fully saturated rings. The number of sulfone groups is 1. The maximum absolute atomic E-state index is 14.7. The van der Waals surface area contributed by atoms with Crippen molar-refractivity contribution in [3.05, 3.63) is 71.7 Å². The second-order valence-corrected chi connectivity index (χ2v) is 13.4. The van der Waals surface area contributed by atoms with E-state index in [0.29, 0.717) is 28.1 Å². The predicted octanol–water partition coefficient (Wildman–Crippen LogP) is 2.23. The number of nitrogens with two attached hydrogens (primary N) is 1. The summed E-state index contributed by atoms with van der Waals surface area (Å²) in [5.74, 6) is -4.93. The van der Waals surface area contributed by atoms with Crippen molar-refractivity contribution in [3.8, 4) is 11.1 Å². The number of hydrogen-bond acceptors (Lipinski definition) is 8. The maximum atomic E-state index is 14.7. The smallest absolute Gasteiger partial charge is 0.269 e. The number of nitrogens with zero attached hydrogens (tertiary/aromatic N) is 5. The normalized spacial score (nSPS) is 22.3. The molecule has 0 saturated carbocycles. The zero-order valence-electron chi connectivity index (χ0n) is 23.7. The Bertz CT molecular complexity index is 1970. The number of benzene rings is 2. The Hall–Kier alpha value is -4.86. The van der Waals surface area contributed by atoms with Gasteiger partial charge in [0.05, 0.1) is 40.6 Å². The molecule has 12 nitrogen and oxygen atoms in total. The SMILES string of the molecule is CC1CC(NC(=O)C2CC(F)CN2C(=O)Cn2nc(C(N)=O)c3cc(-c4ccnnc4)ccc32)c2cc(F)c(F)cc2S1(=O)=O. The Morgan fingerprint density at radius 1 is 1.04 bits per heavy atom. The number of halogens is 3. The summed E-state index contributed by atoms with van der Waals surface area (Å²) in [6.45, 7) is 0.527. The van der Waals surface area contributed by atoms with Gasteiger partial charge in [-0.25, -0.2) is 21.6 Å². The molecule has 234 valence electrons. The first-order valence-electron chi connectivity index (χ1n) is 13.9. The summed E-state index contributed by atoms with van der Waals surface area (Å²) in [6, 6.07) is 5.76. The molecule has 3 amide bonds. The third-order valence-corrected chi connectivity index (χ3v) is 10.4. The third kappa shape index (κ3) is 5.38. The monoisotopic (exact) mass is 641 g/mol. The molecule has 45 heavy (non-hydrogen) atoms. The molecule has 4 unspecified atom stereocenters. The lowest BCUT2D eigenvalue weighted by Crippen LogP contribution is -2.49. The molecule has 4 aromatic rings. The van der Waals surface area contributed by atoms with Crippen LogP contribution in [-0.4, -0.2) is 75.0 Å². The van der Waals surface area contributed by atoms with Crippen LogP contribution in [0.3, 0.4) is 0 Å². The van der Waals surface area contributed by atoms with Gasteiger partial charge in [-0.1, -0.05) is 6.07 Å². The van der Waals surface area contributed by atoms with Gasteiger partial charge in [0.1, 0.15) is 18.8 Å². The average Bonchev–Trinajstić information content (AvgIpc) is 3.58. The predicted molar refractivity (Wildman–Crippen MR) is 153 cm³/mol. The number of fused-ring (bicyclic) bond motifs is 2. The van der Waals surface area contributed by atoms with Crippen LogP contribution in [0.4, 0.5) is 13.2 Å². The summed E-state index contributed by atoms with van der Waals surface area (Å²) in [7, 11) is -3.99. The molecule has 0 radical (unpaired) electrons. The molecule has 2 aromatic heterocycles. The number of alkyl halides is 1. The number of carbonyl (C=O) groups excluding carboxylic acids is 3. The van der Waals surface area contributed by atoms with Gasteiger partial charge in [0.15, 0.2) is 27.2 Å². The first-order chi connectivity index (χ1) is 21.3. The molecule has 1 saturated heterocycles. The third-order valence-electron chi connectivity index (χ3n) is 8.21. The van der Waals surface area contributed by atoms with E-state index in [0.717, 1.165) is 11.0 Å². The van der Waals surface area contributed by atoms with Crippen LogP contribution in [0.25, 0.3) is 22.0 Å². The van der Waals surface area contributed by atoms with Crippen molar-refractivity contribution in [2.45, 2.75) is 54.7 Å². The maximum Gasteiger partial charge on any atom is 0.269 e. The highest BCUT2D eigenvalue weighted by Crippen LogP contribution is 2.38. The van der Waals surface area contributed by atoms with Crippen molar-refractivity contribution in [3.63, 3.8) is 0 Å². The van der Waals surface area contributed by atoms with Crippen LogP contribution in [0.2, 0.25) is 0 Å². The molecule has 2 aliphatic rings. The fourth-order valence-electron chi connectivity index (χ4n) is 5.92. The molecule has 6 rings (SSSR count). The number of aromatic nitrogens is 4. The van der Waals surface area contributed by atoms with E-state index in [4.69, 9.17) is 5.73 Å². The van der Waals surface area contributed by atoms with E-state index in [1.54, 1.807) is 24.3 Å². The molecule has 0 aliphatic carbocycles. The van der Waals surface area contributed by atoms with Gasteiger partial charge in [-0.2, -0.15) is 15.3 Å². The Morgan fingerprint density at radius 3 is 2.51 bits per heavy atom. The van der Waals surface area contributed by atoms with Gasteiger partial charge >= 0.3 is 0 Å². The van der Waals surface area contributed by atoms with Crippen LogP contribution in [0.1, 0.15) is 41.9 Å². The summed E-state index contributed by atoms with van der Waals surface area (Å²) in [5.41, 5.74) is 7.14. The van der Waals surface area contributed by atoms with Crippen LogP contribution >= 0.6 is 0 Å². The molecule has 2 aliphatic heterocycles. The van der Waals surface area contributed by atoms with Crippen molar-refractivity contribution < 1.29 is 36.0 Å². The van der Waals surface area contributed by atoms with Gasteiger partial charge in [-0.05, 0) is 54.8 Å². The fourth-order valence-corrected chi connectivity index (χ4v) is 7.60. The standard InChI is InChI=1S/C29H26F3N7O5S/c1-14-6-22(18-9-20(31)21(32)10-25(18)45(14,43)44)36-29(42)24-8-17(30)12-38(24)26(40)13-39-23-3-2-15(16-4-5-34-35-11-16)7-19(23)27(37-39)28(33)41/h2-5,7,9-11,14,17,22,24H,6,8,12-13H2,1H3,(H2,33,41)(H,36,42). The van der Waals surface area contributed by atoms with E-state index in [1.165, 1.54) is 24.0 Å². The first-order valence-corrected chi connectivity index (χ1v) is 15.4. The number of amides is 3. The lowest BCUT2D eigenvalue weighted by Gasteiger charge is -2.32. The van der Waals surface area contributed by atoms with E-state index in [1.807, 2.05) is 0 Å². The van der Waals surface area contributed by atoms with Gasteiger partial charge in [0.25, 0.3) is 5.91 Å². The van der Waals surface area contributed by atoms with Crippen LogP contribution in [0.5, 0.6) is 0 Å². The quantitative estimate of drug-likeness (QED) is 0.302. The topological polar surface area (TPSA) is 170 Å². The lowest BCUT2D eigenvalue weighted by molar-refractivity contribution is -0.139. The minimum Gasteiger partial charge on any atom is -0.364 e. The van der Waals surface area contributed by atoms with Gasteiger partial charge < -0.3 is 16.0 Å². The van der Waals surface area contributed by atoms with E-state index in [-0.39, 0.29) is 24.1 Å². The Morgan fingerprint density at radius 2 is 1.80 bits per heavy atom. The Kier molecular flexibility index (Phi) is 7.54. The van der Waals surface area contributed by atoms with Crippen molar-refractivity contribution in [1.82, 2.24) is 30.2 Å². The molecule has 0 bridgehead atoms. The highest BCUT2D eigenvalue weighted by molar-refractivity contribution is 7.92. The molecule has 16 heteroatoms. The van der Waals surface area contributed by atoms with Gasteiger partial charge in [0.2, 0.25) is 11.8 Å². The van der Waals surface area contributed by atoms with Crippen molar-refractivity contribution in [1.29, 1.82) is 0 Å². The highest BCUT2D eigenvalue weighted by Gasteiger charge is 2.43. The molecular formula is C29H26F3N7O5S. The zero-order valence-corrected chi connectivity index (χ0v) is 24.5. The summed E-state index contributed by atoms with van der Waals surface area (Å²) >= 11 is 0. The summed E-state index contributed by atoms with van der Waals surface area (Å²) in [5, 5.41) is 13.8. The van der Waals surface area contributed by atoms with Crippen LogP contribution in [0, 0.1) is 11.6 Å². The highest BCUT2D eigenvalue weighted by atomic mass is 32.2. The van der Waals surface area contributed by atoms with Crippen LogP contribution in [0.15, 0.2) is 53.7 Å². The molecule has 2 aromatic carbocycles.